The molecule has 0 saturated carbocycles. The number of rotatable bonds is 2. The molecule has 0 aromatic heterocycles. The summed E-state index contributed by atoms with van der Waals surface area (Å²) < 4.78 is 0. The number of hydrogen-bond acceptors (Lipinski definition) is 1. The van der Waals surface area contributed by atoms with E-state index in [1.54, 1.807) is 6.20 Å². The van der Waals surface area contributed by atoms with Gasteiger partial charge in [0.25, 0.3) is 0 Å². The van der Waals surface area contributed by atoms with Crippen LogP contribution in [0.3, 0.4) is 0 Å². The maximum atomic E-state index is 3.73. The SMILES string of the molecule is C=N/C=C(\C)c1cccc(C)c1. The molecule has 0 bridgehead atoms. The first kappa shape index (κ1) is 8.72. The molecule has 0 N–H and O–H groups in total. The highest BCUT2D eigenvalue weighted by molar-refractivity contribution is 5.64. The molecule has 0 radical (unpaired) electrons. The van der Waals surface area contributed by atoms with E-state index in [0.717, 1.165) is 5.57 Å². The molecular weight excluding hydrogens is 146 g/mol. The molecule has 1 nitrogen and oxygen atoms in total. The van der Waals surface area contributed by atoms with Crippen molar-refractivity contribution in [3.63, 3.8) is 0 Å². The van der Waals surface area contributed by atoms with E-state index < -0.39 is 0 Å². The lowest BCUT2D eigenvalue weighted by Gasteiger charge is -2.00. The van der Waals surface area contributed by atoms with Crippen LogP contribution in [0.15, 0.2) is 35.5 Å². The monoisotopic (exact) mass is 159 g/mol. The Morgan fingerprint density at radius 2 is 2.25 bits per heavy atom. The summed E-state index contributed by atoms with van der Waals surface area (Å²) in [5.41, 5.74) is 3.63. The van der Waals surface area contributed by atoms with E-state index in [4.69, 9.17) is 0 Å². The Morgan fingerprint density at radius 3 is 2.83 bits per heavy atom. The summed E-state index contributed by atoms with van der Waals surface area (Å²) in [6.45, 7) is 7.53. The van der Waals surface area contributed by atoms with Crippen LogP contribution in [0.25, 0.3) is 5.57 Å². The molecule has 1 aromatic carbocycles. The van der Waals surface area contributed by atoms with Crippen LogP contribution in [0.5, 0.6) is 0 Å². The summed E-state index contributed by atoms with van der Waals surface area (Å²) in [5, 5.41) is 0. The molecule has 12 heavy (non-hydrogen) atoms. The summed E-state index contributed by atoms with van der Waals surface area (Å²) in [5.74, 6) is 0. The molecule has 0 unspecified atom stereocenters. The normalized spacial score (nSPS) is 11.3. The van der Waals surface area contributed by atoms with E-state index in [-0.39, 0.29) is 0 Å². The second-order valence-corrected chi connectivity index (χ2v) is 2.86. The highest BCUT2D eigenvalue weighted by atomic mass is 14.6. The van der Waals surface area contributed by atoms with Crippen LogP contribution < -0.4 is 0 Å². The summed E-state index contributed by atoms with van der Waals surface area (Å²) in [7, 11) is 0. The smallest absolute Gasteiger partial charge is 0.0295 e. The van der Waals surface area contributed by atoms with Gasteiger partial charge in [-0.25, -0.2) is 0 Å². The molecule has 1 heteroatoms. The van der Waals surface area contributed by atoms with Crippen molar-refractivity contribution in [1.29, 1.82) is 0 Å². The van der Waals surface area contributed by atoms with Crippen LogP contribution in [0.4, 0.5) is 0 Å². The topological polar surface area (TPSA) is 12.4 Å². The van der Waals surface area contributed by atoms with Gasteiger partial charge in [-0.1, -0.05) is 29.8 Å². The summed E-state index contributed by atoms with van der Waals surface area (Å²) in [4.78, 5) is 3.73. The highest BCUT2D eigenvalue weighted by Gasteiger charge is 1.93. The van der Waals surface area contributed by atoms with E-state index in [1.165, 1.54) is 11.1 Å². The molecule has 0 saturated heterocycles. The minimum absolute atomic E-state index is 1.15. The Bertz CT molecular complexity index is 311. The van der Waals surface area contributed by atoms with Gasteiger partial charge >= 0.3 is 0 Å². The van der Waals surface area contributed by atoms with Crippen LogP contribution >= 0.6 is 0 Å². The van der Waals surface area contributed by atoms with Gasteiger partial charge in [0.1, 0.15) is 0 Å². The Kier molecular flexibility index (Phi) is 2.81. The first-order chi connectivity index (χ1) is 5.74. The van der Waals surface area contributed by atoms with Crippen LogP contribution in [0.2, 0.25) is 0 Å². The van der Waals surface area contributed by atoms with Gasteiger partial charge in [0.2, 0.25) is 0 Å². The average Bonchev–Trinajstić information content (AvgIpc) is 2.05. The molecule has 0 atom stereocenters. The molecular formula is C11H13N. The van der Waals surface area contributed by atoms with Gasteiger partial charge in [-0.2, -0.15) is 0 Å². The predicted molar refractivity (Wildman–Crippen MR) is 54.4 cm³/mol. The highest BCUT2D eigenvalue weighted by Crippen LogP contribution is 2.14. The number of aryl methyl sites for hydroxylation is 1. The minimum Gasteiger partial charge on any atom is -0.272 e. The van der Waals surface area contributed by atoms with Crippen molar-refractivity contribution in [1.82, 2.24) is 0 Å². The fourth-order valence-electron chi connectivity index (χ4n) is 1.10. The van der Waals surface area contributed by atoms with Crippen molar-refractivity contribution in [2.24, 2.45) is 4.99 Å². The quantitative estimate of drug-likeness (QED) is 0.588. The molecule has 62 valence electrons. The molecule has 0 aliphatic heterocycles. The second-order valence-electron chi connectivity index (χ2n) is 2.86. The first-order valence-electron chi connectivity index (χ1n) is 3.93. The third kappa shape index (κ3) is 2.06. The van der Waals surface area contributed by atoms with E-state index in [0.29, 0.717) is 0 Å². The molecule has 0 aliphatic carbocycles. The van der Waals surface area contributed by atoms with E-state index in [9.17, 15) is 0 Å². The Balaban J connectivity index is 3.03. The van der Waals surface area contributed by atoms with Crippen LogP contribution in [-0.4, -0.2) is 6.72 Å². The average molecular weight is 159 g/mol. The molecule has 0 spiro atoms. The van der Waals surface area contributed by atoms with Crippen molar-refractivity contribution in [2.75, 3.05) is 0 Å². The third-order valence-electron chi connectivity index (χ3n) is 1.76. The molecule has 0 aliphatic rings. The van der Waals surface area contributed by atoms with Crippen molar-refractivity contribution < 1.29 is 0 Å². The number of allylic oxidation sites excluding steroid dienone is 1. The second kappa shape index (κ2) is 3.86. The summed E-state index contributed by atoms with van der Waals surface area (Å²) in [6.07, 6.45) is 1.77. The van der Waals surface area contributed by atoms with Gasteiger partial charge in [0, 0.05) is 6.20 Å². The number of benzene rings is 1. The lowest BCUT2D eigenvalue weighted by atomic mass is 10.1. The number of nitrogens with zero attached hydrogens (tertiary/aromatic N) is 1. The van der Waals surface area contributed by atoms with Gasteiger partial charge in [-0.15, -0.1) is 0 Å². The summed E-state index contributed by atoms with van der Waals surface area (Å²) >= 11 is 0. The first-order valence-corrected chi connectivity index (χ1v) is 3.93. The van der Waals surface area contributed by atoms with Crippen molar-refractivity contribution in [3.8, 4) is 0 Å². The lowest BCUT2D eigenvalue weighted by molar-refractivity contribution is 1.43. The van der Waals surface area contributed by atoms with Gasteiger partial charge < -0.3 is 0 Å². The Morgan fingerprint density at radius 1 is 1.50 bits per heavy atom. The van der Waals surface area contributed by atoms with Gasteiger partial charge in [0.15, 0.2) is 0 Å². The van der Waals surface area contributed by atoms with E-state index >= 15 is 0 Å². The number of hydrogen-bond donors (Lipinski definition) is 0. The molecule has 0 heterocycles. The van der Waals surface area contributed by atoms with Crippen LogP contribution in [0, 0.1) is 6.92 Å². The van der Waals surface area contributed by atoms with Gasteiger partial charge in [-0.05, 0) is 31.7 Å². The van der Waals surface area contributed by atoms with Crippen molar-refractivity contribution >= 4 is 12.3 Å². The zero-order valence-electron chi connectivity index (χ0n) is 7.54. The predicted octanol–water partition coefficient (Wildman–Crippen LogP) is 3.06. The van der Waals surface area contributed by atoms with E-state index in [2.05, 4.69) is 36.8 Å². The zero-order valence-corrected chi connectivity index (χ0v) is 7.54. The molecule has 1 aromatic rings. The van der Waals surface area contributed by atoms with Crippen molar-refractivity contribution in [3.05, 3.63) is 41.6 Å². The van der Waals surface area contributed by atoms with Crippen molar-refractivity contribution in [2.45, 2.75) is 13.8 Å². The Labute approximate surface area is 73.5 Å². The third-order valence-corrected chi connectivity index (χ3v) is 1.76. The summed E-state index contributed by atoms with van der Waals surface area (Å²) in [6, 6.07) is 8.34. The maximum absolute atomic E-state index is 3.73. The maximum Gasteiger partial charge on any atom is 0.0295 e. The largest absolute Gasteiger partial charge is 0.272 e. The minimum atomic E-state index is 1.15. The zero-order chi connectivity index (χ0) is 8.97. The molecule has 0 amide bonds. The fourth-order valence-corrected chi connectivity index (χ4v) is 1.10. The molecule has 1 rings (SSSR count). The number of aliphatic imine (C=N–C) groups is 1. The van der Waals surface area contributed by atoms with E-state index in [1.807, 2.05) is 13.0 Å². The van der Waals surface area contributed by atoms with Gasteiger partial charge in [-0.3, -0.25) is 4.99 Å². The lowest BCUT2D eigenvalue weighted by Crippen LogP contribution is -1.79. The van der Waals surface area contributed by atoms with Crippen LogP contribution in [0.1, 0.15) is 18.1 Å². The Hall–Kier alpha value is -1.37. The van der Waals surface area contributed by atoms with Gasteiger partial charge in [0.05, 0.1) is 0 Å². The standard InChI is InChI=1S/C11H13N/c1-9-5-4-6-11(7-9)10(2)8-12-3/h4-8H,3H2,1-2H3/b10-8+. The van der Waals surface area contributed by atoms with Crippen LogP contribution in [-0.2, 0) is 0 Å². The molecule has 0 fully saturated rings. The fraction of sp³-hybridized carbons (Fsp3) is 0.182.